The fourth-order valence-corrected chi connectivity index (χ4v) is 1.47. The minimum atomic E-state index is 0.126. The highest BCUT2D eigenvalue weighted by Crippen LogP contribution is 1.97. The second-order valence-corrected chi connectivity index (χ2v) is 4.29. The molecule has 0 saturated heterocycles. The van der Waals surface area contributed by atoms with E-state index in [0.717, 1.165) is 31.7 Å². The van der Waals surface area contributed by atoms with Gasteiger partial charge in [0.15, 0.2) is 0 Å². The number of nitrogens with one attached hydrogen (secondary N) is 1. The molecule has 1 rings (SSSR count). The molecule has 0 saturated carbocycles. The number of aliphatic hydroxyl groups excluding tert-OH is 1. The Morgan fingerprint density at radius 2 is 2.35 bits per heavy atom. The molecule has 1 heterocycles. The number of hydrogen-bond donors (Lipinski definition) is 2. The van der Waals surface area contributed by atoms with Crippen molar-refractivity contribution in [2.24, 2.45) is 0 Å². The largest absolute Gasteiger partial charge is 0.394 e. The van der Waals surface area contributed by atoms with Crippen LogP contribution in [0.25, 0.3) is 0 Å². The molecule has 0 radical (unpaired) electrons. The second-order valence-electron chi connectivity index (χ2n) is 4.29. The summed E-state index contributed by atoms with van der Waals surface area (Å²) in [5, 5.41) is 16.2. The Balaban J connectivity index is 2.05. The number of rotatable bonds is 9. The minimum absolute atomic E-state index is 0.126. The minimum Gasteiger partial charge on any atom is -0.394 e. The van der Waals surface area contributed by atoms with Crippen LogP contribution in [0.3, 0.4) is 0 Å². The predicted octanol–water partition coefficient (Wildman–Crippen LogP) is 0.780. The lowest BCUT2D eigenvalue weighted by Crippen LogP contribution is -2.17. The average Bonchev–Trinajstić information content (AvgIpc) is 2.71. The van der Waals surface area contributed by atoms with Crippen molar-refractivity contribution in [3.63, 3.8) is 0 Å². The highest BCUT2D eigenvalue weighted by molar-refractivity contribution is 5.03. The van der Waals surface area contributed by atoms with Gasteiger partial charge < -0.3 is 15.2 Å². The Kier molecular flexibility index (Phi) is 6.84. The van der Waals surface area contributed by atoms with E-state index in [1.165, 1.54) is 0 Å². The monoisotopic (exact) mass is 241 g/mol. The zero-order valence-corrected chi connectivity index (χ0v) is 10.7. The Morgan fingerprint density at radius 1 is 1.53 bits per heavy atom. The normalized spacial score (nSPS) is 11.3. The first-order valence-corrected chi connectivity index (χ1v) is 6.17. The quantitative estimate of drug-likeness (QED) is 0.627. The van der Waals surface area contributed by atoms with Crippen molar-refractivity contribution in [1.82, 2.24) is 15.1 Å². The molecule has 5 nitrogen and oxygen atoms in total. The van der Waals surface area contributed by atoms with E-state index in [2.05, 4.69) is 10.4 Å². The topological polar surface area (TPSA) is 59.3 Å². The Bertz CT molecular complexity index is 300. The SMILES string of the molecule is CC(C)OCCCNCc1cnn(CCO)c1. The third kappa shape index (κ3) is 6.41. The number of hydrogen-bond acceptors (Lipinski definition) is 4. The summed E-state index contributed by atoms with van der Waals surface area (Å²) in [6.07, 6.45) is 5.11. The first kappa shape index (κ1) is 14.2. The molecule has 0 aliphatic carbocycles. The Morgan fingerprint density at radius 3 is 3.06 bits per heavy atom. The first-order valence-electron chi connectivity index (χ1n) is 6.17. The van der Waals surface area contributed by atoms with Gasteiger partial charge in [-0.15, -0.1) is 0 Å². The van der Waals surface area contributed by atoms with Gasteiger partial charge in [0, 0.05) is 24.9 Å². The van der Waals surface area contributed by atoms with E-state index < -0.39 is 0 Å². The molecule has 0 atom stereocenters. The van der Waals surface area contributed by atoms with Crippen molar-refractivity contribution in [3.8, 4) is 0 Å². The maximum absolute atomic E-state index is 8.76. The molecule has 0 bridgehead atoms. The van der Waals surface area contributed by atoms with Gasteiger partial charge in [-0.1, -0.05) is 0 Å². The molecular weight excluding hydrogens is 218 g/mol. The number of aromatic nitrogens is 2. The van der Waals surface area contributed by atoms with Gasteiger partial charge in [0.05, 0.1) is 25.5 Å². The van der Waals surface area contributed by atoms with Crippen molar-refractivity contribution >= 4 is 0 Å². The van der Waals surface area contributed by atoms with Gasteiger partial charge in [-0.2, -0.15) is 5.10 Å². The molecular formula is C12H23N3O2. The van der Waals surface area contributed by atoms with E-state index in [4.69, 9.17) is 9.84 Å². The molecule has 1 aromatic rings. The molecule has 0 aliphatic heterocycles. The smallest absolute Gasteiger partial charge is 0.0640 e. The summed E-state index contributed by atoms with van der Waals surface area (Å²) in [6, 6.07) is 0. The van der Waals surface area contributed by atoms with Crippen molar-refractivity contribution in [2.75, 3.05) is 19.8 Å². The predicted molar refractivity (Wildman–Crippen MR) is 66.7 cm³/mol. The van der Waals surface area contributed by atoms with Crippen LogP contribution in [-0.2, 0) is 17.8 Å². The first-order chi connectivity index (χ1) is 8.22. The van der Waals surface area contributed by atoms with Crippen LogP contribution in [0, 0.1) is 0 Å². The molecule has 98 valence electrons. The molecule has 0 fully saturated rings. The molecule has 17 heavy (non-hydrogen) atoms. The molecule has 0 aromatic carbocycles. The van der Waals surface area contributed by atoms with Crippen LogP contribution < -0.4 is 5.32 Å². The molecule has 0 spiro atoms. The van der Waals surface area contributed by atoms with Gasteiger partial charge in [-0.25, -0.2) is 0 Å². The van der Waals surface area contributed by atoms with Gasteiger partial charge in [-0.3, -0.25) is 4.68 Å². The van der Waals surface area contributed by atoms with Crippen LogP contribution in [-0.4, -0.2) is 40.7 Å². The molecule has 0 aliphatic rings. The lowest BCUT2D eigenvalue weighted by Gasteiger charge is -2.07. The van der Waals surface area contributed by atoms with E-state index in [-0.39, 0.29) is 6.61 Å². The summed E-state index contributed by atoms with van der Waals surface area (Å²) >= 11 is 0. The van der Waals surface area contributed by atoms with E-state index in [1.54, 1.807) is 4.68 Å². The third-order valence-electron chi connectivity index (χ3n) is 2.29. The number of aliphatic hydroxyl groups is 1. The van der Waals surface area contributed by atoms with E-state index in [1.807, 2.05) is 26.2 Å². The van der Waals surface area contributed by atoms with Crippen molar-refractivity contribution in [2.45, 2.75) is 39.5 Å². The highest BCUT2D eigenvalue weighted by atomic mass is 16.5. The van der Waals surface area contributed by atoms with Crippen LogP contribution in [0.4, 0.5) is 0 Å². The summed E-state index contributed by atoms with van der Waals surface area (Å²) < 4.78 is 7.19. The van der Waals surface area contributed by atoms with E-state index >= 15 is 0 Å². The standard InChI is InChI=1S/C12H23N3O2/c1-11(2)17-7-3-4-13-8-12-9-14-15(10-12)5-6-16/h9-11,13,16H,3-8H2,1-2H3. The Labute approximate surface area is 103 Å². The van der Waals surface area contributed by atoms with Crippen LogP contribution in [0.15, 0.2) is 12.4 Å². The Hall–Kier alpha value is -0.910. The summed E-state index contributed by atoms with van der Waals surface area (Å²) in [6.45, 7) is 7.33. The molecule has 2 N–H and O–H groups in total. The second kappa shape index (κ2) is 8.22. The van der Waals surface area contributed by atoms with Crippen molar-refractivity contribution in [1.29, 1.82) is 0 Å². The molecule has 0 unspecified atom stereocenters. The maximum atomic E-state index is 8.76. The summed E-state index contributed by atoms with van der Waals surface area (Å²) in [5.74, 6) is 0. The molecule has 0 amide bonds. The number of ether oxygens (including phenoxy) is 1. The maximum Gasteiger partial charge on any atom is 0.0640 e. The highest BCUT2D eigenvalue weighted by Gasteiger charge is 1.98. The van der Waals surface area contributed by atoms with Gasteiger partial charge >= 0.3 is 0 Å². The molecule has 5 heteroatoms. The zero-order chi connectivity index (χ0) is 12.5. The van der Waals surface area contributed by atoms with Crippen molar-refractivity contribution in [3.05, 3.63) is 18.0 Å². The summed E-state index contributed by atoms with van der Waals surface area (Å²) in [5.41, 5.74) is 1.14. The van der Waals surface area contributed by atoms with Crippen molar-refractivity contribution < 1.29 is 9.84 Å². The fourth-order valence-electron chi connectivity index (χ4n) is 1.47. The van der Waals surface area contributed by atoms with Gasteiger partial charge in [-0.05, 0) is 26.8 Å². The summed E-state index contributed by atoms with van der Waals surface area (Å²) in [4.78, 5) is 0. The zero-order valence-electron chi connectivity index (χ0n) is 10.7. The van der Waals surface area contributed by atoms with E-state index in [9.17, 15) is 0 Å². The van der Waals surface area contributed by atoms with Gasteiger partial charge in [0.25, 0.3) is 0 Å². The fraction of sp³-hybridized carbons (Fsp3) is 0.750. The van der Waals surface area contributed by atoms with Crippen LogP contribution >= 0.6 is 0 Å². The number of nitrogens with zero attached hydrogens (tertiary/aromatic N) is 2. The molecule has 1 aromatic heterocycles. The van der Waals surface area contributed by atoms with Crippen LogP contribution in [0.1, 0.15) is 25.8 Å². The van der Waals surface area contributed by atoms with Crippen LogP contribution in [0.2, 0.25) is 0 Å². The van der Waals surface area contributed by atoms with Gasteiger partial charge in [0.2, 0.25) is 0 Å². The lowest BCUT2D eigenvalue weighted by atomic mass is 10.3. The summed E-state index contributed by atoms with van der Waals surface area (Å²) in [7, 11) is 0. The van der Waals surface area contributed by atoms with Gasteiger partial charge in [0.1, 0.15) is 0 Å². The average molecular weight is 241 g/mol. The third-order valence-corrected chi connectivity index (χ3v) is 2.29. The van der Waals surface area contributed by atoms with E-state index in [0.29, 0.717) is 12.6 Å². The lowest BCUT2D eigenvalue weighted by molar-refractivity contribution is 0.0770. The van der Waals surface area contributed by atoms with Crippen LogP contribution in [0.5, 0.6) is 0 Å².